The van der Waals surface area contributed by atoms with Gasteiger partial charge in [-0.15, -0.1) is 4.91 Å². The molecule has 3 atom stereocenters. The molecule has 0 aromatic rings. The van der Waals surface area contributed by atoms with Crippen molar-refractivity contribution in [1.29, 1.82) is 0 Å². The maximum atomic E-state index is 12.1. The quantitative estimate of drug-likeness (QED) is 0.431. The van der Waals surface area contributed by atoms with Crippen molar-refractivity contribution in [2.45, 2.75) is 46.1 Å². The van der Waals surface area contributed by atoms with E-state index in [2.05, 4.69) is 26.1 Å². The second-order valence-electron chi connectivity index (χ2n) is 5.85. The third-order valence-electron chi connectivity index (χ3n) is 5.05. The van der Waals surface area contributed by atoms with E-state index in [9.17, 15) is 9.70 Å². The van der Waals surface area contributed by atoms with Gasteiger partial charge >= 0.3 is 5.97 Å². The maximum absolute atomic E-state index is 12.1. The van der Waals surface area contributed by atoms with E-state index in [1.54, 1.807) is 6.92 Å². The van der Waals surface area contributed by atoms with Crippen molar-refractivity contribution in [2.24, 2.45) is 22.1 Å². The Bertz CT molecular complexity index is 368. The average Bonchev–Trinajstić information content (AvgIpc) is 2.55. The molecule has 2 saturated carbocycles. The standard InChI is InChI=1S/C12H19NO4/c1-5-16-9(14)12(17-13-15)7-6-11(4)8(12)10(11,2)3/h8H,5-7H2,1-4H3. The van der Waals surface area contributed by atoms with Crippen LogP contribution in [0.1, 0.15) is 40.5 Å². The van der Waals surface area contributed by atoms with E-state index < -0.39 is 11.6 Å². The van der Waals surface area contributed by atoms with Gasteiger partial charge in [0.1, 0.15) is 0 Å². The molecule has 0 spiro atoms. The van der Waals surface area contributed by atoms with Crippen LogP contribution in [0.5, 0.6) is 0 Å². The molecule has 2 aliphatic rings. The molecule has 0 aromatic heterocycles. The van der Waals surface area contributed by atoms with E-state index in [1.807, 2.05) is 0 Å². The number of ether oxygens (including phenoxy) is 1. The number of carbonyl (C=O) groups excluding carboxylic acids is 1. The van der Waals surface area contributed by atoms with Crippen molar-refractivity contribution in [2.75, 3.05) is 6.61 Å². The van der Waals surface area contributed by atoms with Crippen LogP contribution in [0.25, 0.3) is 0 Å². The van der Waals surface area contributed by atoms with Gasteiger partial charge in [-0.05, 0) is 24.2 Å². The molecule has 3 unspecified atom stereocenters. The average molecular weight is 241 g/mol. The zero-order valence-electron chi connectivity index (χ0n) is 10.8. The first-order chi connectivity index (χ1) is 7.87. The van der Waals surface area contributed by atoms with Crippen LogP contribution in [-0.2, 0) is 14.4 Å². The molecule has 0 aromatic carbocycles. The predicted molar refractivity (Wildman–Crippen MR) is 60.9 cm³/mol. The molecule has 0 bridgehead atoms. The summed E-state index contributed by atoms with van der Waals surface area (Å²) in [6.45, 7) is 8.35. The molecule has 17 heavy (non-hydrogen) atoms. The molecule has 0 heterocycles. The van der Waals surface area contributed by atoms with Crippen LogP contribution in [0, 0.1) is 21.7 Å². The molecular weight excluding hydrogens is 222 g/mol. The number of fused-ring (bicyclic) bond motifs is 1. The highest BCUT2D eigenvalue weighted by atomic mass is 16.7. The Kier molecular flexibility index (Phi) is 2.49. The Labute approximate surface area is 101 Å². The topological polar surface area (TPSA) is 65.0 Å². The molecule has 0 aliphatic heterocycles. The number of hydrogen-bond acceptors (Lipinski definition) is 5. The van der Waals surface area contributed by atoms with Crippen molar-refractivity contribution in [1.82, 2.24) is 0 Å². The lowest BCUT2D eigenvalue weighted by Crippen LogP contribution is -2.44. The number of rotatable bonds is 4. The number of hydrogen-bond donors (Lipinski definition) is 0. The molecule has 0 saturated heterocycles. The van der Waals surface area contributed by atoms with Gasteiger partial charge in [0.15, 0.2) is 5.34 Å². The summed E-state index contributed by atoms with van der Waals surface area (Å²) in [5, 5.41) is 2.52. The summed E-state index contributed by atoms with van der Waals surface area (Å²) in [6, 6.07) is 0. The van der Waals surface area contributed by atoms with Gasteiger partial charge in [-0.3, -0.25) is 0 Å². The molecule has 2 fully saturated rings. The molecule has 0 N–H and O–H groups in total. The summed E-state index contributed by atoms with van der Waals surface area (Å²) in [4.78, 5) is 27.5. The van der Waals surface area contributed by atoms with E-state index in [-0.39, 0.29) is 23.4 Å². The van der Waals surface area contributed by atoms with Gasteiger partial charge in [0.25, 0.3) is 0 Å². The van der Waals surface area contributed by atoms with Crippen molar-refractivity contribution >= 4 is 5.97 Å². The lowest BCUT2D eigenvalue weighted by molar-refractivity contribution is -0.177. The van der Waals surface area contributed by atoms with Crippen LogP contribution < -0.4 is 0 Å². The van der Waals surface area contributed by atoms with Crippen molar-refractivity contribution < 1.29 is 14.4 Å². The Hall–Kier alpha value is -1.13. The molecule has 0 radical (unpaired) electrons. The molecule has 5 heteroatoms. The molecular formula is C12H19NO4. The van der Waals surface area contributed by atoms with Crippen LogP contribution in [0.2, 0.25) is 0 Å². The van der Waals surface area contributed by atoms with Gasteiger partial charge in [-0.1, -0.05) is 20.8 Å². The highest BCUT2D eigenvalue weighted by Gasteiger charge is 2.82. The number of carbonyl (C=O) groups is 1. The summed E-state index contributed by atoms with van der Waals surface area (Å²) >= 11 is 0. The Morgan fingerprint density at radius 3 is 2.41 bits per heavy atom. The molecule has 0 amide bonds. The maximum Gasteiger partial charge on any atom is 0.353 e. The fourth-order valence-electron chi connectivity index (χ4n) is 3.90. The van der Waals surface area contributed by atoms with Gasteiger partial charge < -0.3 is 9.57 Å². The molecule has 2 aliphatic carbocycles. The second kappa shape index (κ2) is 3.43. The molecule has 5 nitrogen and oxygen atoms in total. The fourth-order valence-corrected chi connectivity index (χ4v) is 3.90. The Morgan fingerprint density at radius 1 is 1.35 bits per heavy atom. The van der Waals surface area contributed by atoms with Crippen molar-refractivity contribution in [3.8, 4) is 0 Å². The third-order valence-corrected chi connectivity index (χ3v) is 5.05. The van der Waals surface area contributed by atoms with E-state index in [0.29, 0.717) is 6.42 Å². The first kappa shape index (κ1) is 12.3. The van der Waals surface area contributed by atoms with Crippen LogP contribution in [0.15, 0.2) is 5.34 Å². The normalized spacial score (nSPS) is 41.5. The van der Waals surface area contributed by atoms with Crippen molar-refractivity contribution in [3.63, 3.8) is 0 Å². The van der Waals surface area contributed by atoms with Gasteiger partial charge in [-0.25, -0.2) is 4.79 Å². The highest BCUT2D eigenvalue weighted by Crippen LogP contribution is 2.80. The minimum Gasteiger partial charge on any atom is -0.463 e. The van der Waals surface area contributed by atoms with Crippen LogP contribution in [0.4, 0.5) is 0 Å². The fraction of sp³-hybridized carbons (Fsp3) is 0.917. The monoisotopic (exact) mass is 241 g/mol. The van der Waals surface area contributed by atoms with E-state index >= 15 is 0 Å². The number of nitrogens with zero attached hydrogens (tertiary/aromatic N) is 1. The summed E-state index contributed by atoms with van der Waals surface area (Å²) < 4.78 is 5.05. The molecule has 2 rings (SSSR count). The lowest BCUT2D eigenvalue weighted by atomic mass is 9.87. The second-order valence-corrected chi connectivity index (χ2v) is 5.85. The van der Waals surface area contributed by atoms with E-state index in [1.165, 1.54) is 0 Å². The van der Waals surface area contributed by atoms with Crippen LogP contribution >= 0.6 is 0 Å². The summed E-state index contributed by atoms with van der Waals surface area (Å²) in [7, 11) is 0. The van der Waals surface area contributed by atoms with Gasteiger partial charge in [0.2, 0.25) is 5.60 Å². The third kappa shape index (κ3) is 1.28. The minimum absolute atomic E-state index is 0.0112. The summed E-state index contributed by atoms with van der Waals surface area (Å²) in [5.74, 6) is -0.432. The van der Waals surface area contributed by atoms with Crippen LogP contribution in [-0.4, -0.2) is 18.2 Å². The lowest BCUT2D eigenvalue weighted by Gasteiger charge is -2.27. The Morgan fingerprint density at radius 2 is 2.00 bits per heavy atom. The minimum atomic E-state index is -1.16. The summed E-state index contributed by atoms with van der Waals surface area (Å²) in [5.41, 5.74) is -1.12. The van der Waals surface area contributed by atoms with Gasteiger partial charge in [0.05, 0.1) is 6.61 Å². The molecule has 96 valence electrons. The number of esters is 1. The predicted octanol–water partition coefficient (Wildman–Crippen LogP) is 2.44. The van der Waals surface area contributed by atoms with E-state index in [0.717, 1.165) is 6.42 Å². The van der Waals surface area contributed by atoms with E-state index in [4.69, 9.17) is 9.57 Å². The van der Waals surface area contributed by atoms with Crippen LogP contribution in [0.3, 0.4) is 0 Å². The van der Waals surface area contributed by atoms with Gasteiger partial charge in [0, 0.05) is 12.3 Å². The van der Waals surface area contributed by atoms with Crippen molar-refractivity contribution in [3.05, 3.63) is 4.91 Å². The highest BCUT2D eigenvalue weighted by molar-refractivity contribution is 5.82. The zero-order valence-corrected chi connectivity index (χ0v) is 10.8. The SMILES string of the molecule is CCOC(=O)C1(ON=O)CCC2(C)C1C2(C)C. The summed E-state index contributed by atoms with van der Waals surface area (Å²) in [6.07, 6.45) is 1.38. The zero-order chi connectivity index (χ0) is 12.9. The van der Waals surface area contributed by atoms with Gasteiger partial charge in [-0.2, -0.15) is 0 Å². The Balaban J connectivity index is 2.32. The largest absolute Gasteiger partial charge is 0.463 e. The first-order valence-corrected chi connectivity index (χ1v) is 6.05. The smallest absolute Gasteiger partial charge is 0.353 e. The first-order valence-electron chi connectivity index (χ1n) is 6.05.